The molecule has 4 aromatic carbocycles. The molecule has 0 fully saturated rings. The molecule has 4 heteroatoms. The number of benzene rings is 4. The summed E-state index contributed by atoms with van der Waals surface area (Å²) in [5.74, 6) is -0.211. The van der Waals surface area contributed by atoms with E-state index in [1.54, 1.807) is 20.0 Å². The van der Waals surface area contributed by atoms with Crippen LogP contribution in [-0.2, 0) is 28.8 Å². The second-order valence-corrected chi connectivity index (χ2v) is 25.8. The van der Waals surface area contributed by atoms with E-state index in [2.05, 4.69) is 114 Å². The zero-order valence-electron chi connectivity index (χ0n) is 23.8. The first kappa shape index (κ1) is 30.3. The number of halogens is 2. The molecule has 0 nitrogen and oxygen atoms in total. The van der Waals surface area contributed by atoms with Crippen LogP contribution in [0.25, 0.3) is 28.3 Å². The zero-order chi connectivity index (χ0) is 25.8. The first-order chi connectivity index (χ1) is 17.9. The van der Waals surface area contributed by atoms with Crippen LogP contribution < -0.4 is 28.1 Å². The maximum atomic E-state index is 2.57. The quantitative estimate of drug-likeness (QED) is 0.258. The van der Waals surface area contributed by atoms with Crippen molar-refractivity contribution in [1.29, 1.82) is 0 Å². The third-order valence-corrected chi connectivity index (χ3v) is 16.8. The molecule has 0 aromatic heterocycles. The molecule has 0 N–H and O–H groups in total. The van der Waals surface area contributed by atoms with Crippen LogP contribution in [0.15, 0.2) is 72.3 Å². The minimum atomic E-state index is -0.613. The Labute approximate surface area is 259 Å². The van der Waals surface area contributed by atoms with Gasteiger partial charge >= 0.3 is 236 Å². The van der Waals surface area contributed by atoms with E-state index in [1.807, 2.05) is 0 Å². The second-order valence-electron chi connectivity index (χ2n) is 11.3. The Bertz CT molecular complexity index is 1560. The number of rotatable bonds is 5. The molecule has 4 aromatic rings. The van der Waals surface area contributed by atoms with Gasteiger partial charge in [-0.2, -0.15) is 0 Å². The standard InChI is InChI=1S/C33H29.C2H7Si.2ClH.Zr/c1-5-23-18-31-27(32-21(3)16-20(2)17-22(32)4)13-9-15-29(31)33(23)28-14-8-12-26-25-11-7-6-10-24(25)19-30(26)28;1-3-2;;;/h6-13,15-18,33H,5,19H2,1-4H3;3H,1-2H3;2*1H;/q;;;;+2/p-2. The molecule has 6 rings (SSSR count). The first-order valence-electron chi connectivity index (χ1n) is 13.8. The van der Waals surface area contributed by atoms with E-state index in [9.17, 15) is 0 Å². The van der Waals surface area contributed by atoms with Crippen molar-refractivity contribution in [1.82, 2.24) is 0 Å². The van der Waals surface area contributed by atoms with E-state index in [1.165, 1.54) is 55.6 Å². The number of fused-ring (bicyclic) bond motifs is 4. The molecule has 0 amide bonds. The van der Waals surface area contributed by atoms with Gasteiger partial charge < -0.3 is 24.8 Å². The Balaban J connectivity index is 0.00000176. The Morgan fingerprint density at radius 3 is 2.21 bits per heavy atom. The Hall–Kier alpha value is -1.70. The first-order valence-corrected chi connectivity index (χ1v) is 22.2. The molecule has 2 aliphatic carbocycles. The van der Waals surface area contributed by atoms with Crippen molar-refractivity contribution in [2.75, 3.05) is 0 Å². The van der Waals surface area contributed by atoms with Gasteiger partial charge in [-0.3, -0.25) is 0 Å². The van der Waals surface area contributed by atoms with E-state index >= 15 is 0 Å². The van der Waals surface area contributed by atoms with E-state index in [0.717, 1.165) is 12.8 Å². The van der Waals surface area contributed by atoms with Gasteiger partial charge in [-0.05, 0) is 0 Å². The van der Waals surface area contributed by atoms with Crippen LogP contribution in [0.1, 0.15) is 63.8 Å². The summed E-state index contributed by atoms with van der Waals surface area (Å²) in [6, 6.07) is 25.9. The number of hydrogen-bond acceptors (Lipinski definition) is 0. The fourth-order valence-electron chi connectivity index (χ4n) is 6.94. The summed E-state index contributed by atoms with van der Waals surface area (Å²) in [7, 11) is 0. The third-order valence-electron chi connectivity index (χ3n) is 8.27. The molecule has 39 heavy (non-hydrogen) atoms. The Morgan fingerprint density at radius 1 is 0.821 bits per heavy atom. The summed E-state index contributed by atoms with van der Waals surface area (Å²) in [5.41, 5.74) is 19.3. The van der Waals surface area contributed by atoms with Crippen molar-refractivity contribution in [2.24, 2.45) is 0 Å². The van der Waals surface area contributed by atoms with Crippen LogP contribution in [0.5, 0.6) is 0 Å². The molecule has 0 aliphatic heterocycles. The molecule has 0 heterocycles. The topological polar surface area (TPSA) is 0 Å². The molecule has 0 bridgehead atoms. The van der Waals surface area contributed by atoms with Gasteiger partial charge in [0, 0.05) is 0 Å². The molecular weight excluding hydrogens is 611 g/mol. The maximum absolute atomic E-state index is 2.57. The molecule has 0 saturated carbocycles. The average Bonchev–Trinajstić information content (AvgIpc) is 3.42. The molecule has 0 spiro atoms. The number of allylic oxidation sites excluding steroid dienone is 1. The number of aryl methyl sites for hydroxylation is 3. The minimum Gasteiger partial charge on any atom is -1.00 e. The van der Waals surface area contributed by atoms with Gasteiger partial charge in [0.05, 0.1) is 0 Å². The van der Waals surface area contributed by atoms with Gasteiger partial charge in [-0.1, -0.05) is 0 Å². The molecule has 1 atom stereocenters. The third kappa shape index (κ3) is 5.24. The summed E-state index contributed by atoms with van der Waals surface area (Å²) in [5, 5.41) is 0. The van der Waals surface area contributed by atoms with Crippen molar-refractivity contribution >= 4 is 15.3 Å². The van der Waals surface area contributed by atoms with Gasteiger partial charge in [0.1, 0.15) is 0 Å². The summed E-state index contributed by atoms with van der Waals surface area (Å²) < 4.78 is 1.77. The molecule has 0 radical (unpaired) electrons. The molecule has 1 unspecified atom stereocenters. The molecule has 2 aliphatic rings. The summed E-state index contributed by atoms with van der Waals surface area (Å²) in [6.07, 6.45) is 4.76. The van der Waals surface area contributed by atoms with Crippen LogP contribution in [0.4, 0.5) is 0 Å². The molecule has 0 saturated heterocycles. The van der Waals surface area contributed by atoms with Crippen molar-refractivity contribution in [3.63, 3.8) is 0 Å². The Kier molecular flexibility index (Phi) is 9.34. The van der Waals surface area contributed by atoms with Crippen molar-refractivity contribution in [3.8, 4) is 22.3 Å². The Morgan fingerprint density at radius 2 is 1.51 bits per heavy atom. The normalized spacial score (nSPS) is 14.5. The molecular formula is C35H36Cl2SiZr. The van der Waals surface area contributed by atoms with E-state index < -0.39 is 28.3 Å². The summed E-state index contributed by atoms with van der Waals surface area (Å²) in [6.45, 7) is 14.3. The predicted octanol–water partition coefficient (Wildman–Crippen LogP) is 2.49. The van der Waals surface area contributed by atoms with Crippen LogP contribution in [0.3, 0.4) is 0 Å². The molecule has 198 valence electrons. The fraction of sp³-hybridized carbons (Fsp3) is 0.257. The van der Waals surface area contributed by atoms with Gasteiger partial charge in [-0.15, -0.1) is 0 Å². The van der Waals surface area contributed by atoms with Crippen LogP contribution >= 0.6 is 0 Å². The van der Waals surface area contributed by atoms with E-state index in [0.29, 0.717) is 5.92 Å². The van der Waals surface area contributed by atoms with E-state index in [4.69, 9.17) is 0 Å². The van der Waals surface area contributed by atoms with Crippen LogP contribution in [-0.4, -0.2) is 5.92 Å². The van der Waals surface area contributed by atoms with Crippen molar-refractivity contribution in [2.45, 2.75) is 59.5 Å². The monoisotopic (exact) mass is 644 g/mol. The maximum Gasteiger partial charge on any atom is -1.00 e. The summed E-state index contributed by atoms with van der Waals surface area (Å²) >= 11 is -0.577. The number of hydrogen-bond donors (Lipinski definition) is 0. The zero-order valence-corrected chi connectivity index (χ0v) is 28.9. The second kappa shape index (κ2) is 12.0. The largest absolute Gasteiger partial charge is 1.00 e. The fourth-order valence-corrected chi connectivity index (χ4v) is 15.2. The van der Waals surface area contributed by atoms with Gasteiger partial charge in [0.15, 0.2) is 0 Å². The SMILES string of the molecule is CCC1=Cc2c(-c3c(C)cc(C)cc3C)cccc2C1c1[c]([Zr+2][SiH](C)C)ccc2c1Cc1ccccc1-2.[Cl-].[Cl-]. The average molecular weight is 647 g/mol. The van der Waals surface area contributed by atoms with Crippen molar-refractivity contribution < 1.29 is 47.2 Å². The van der Waals surface area contributed by atoms with Crippen molar-refractivity contribution in [3.05, 3.63) is 117 Å². The van der Waals surface area contributed by atoms with Gasteiger partial charge in [-0.25, -0.2) is 0 Å². The van der Waals surface area contributed by atoms with Crippen LogP contribution in [0.2, 0.25) is 13.1 Å². The van der Waals surface area contributed by atoms with E-state index in [-0.39, 0.29) is 24.8 Å². The van der Waals surface area contributed by atoms with Gasteiger partial charge in [0.25, 0.3) is 0 Å². The minimum absolute atomic E-state index is 0. The van der Waals surface area contributed by atoms with Crippen LogP contribution in [0, 0.1) is 20.8 Å². The van der Waals surface area contributed by atoms with Gasteiger partial charge in [0.2, 0.25) is 0 Å². The smallest absolute Gasteiger partial charge is 1.00 e. The predicted molar refractivity (Wildman–Crippen MR) is 159 cm³/mol. The summed E-state index contributed by atoms with van der Waals surface area (Å²) in [4.78, 5) is 0.